The molecule has 0 spiro atoms. The highest BCUT2D eigenvalue weighted by Crippen LogP contribution is 2.21. The lowest BCUT2D eigenvalue weighted by Gasteiger charge is -2.24. The van der Waals surface area contributed by atoms with Crippen LogP contribution in [0.5, 0.6) is 5.75 Å². The van der Waals surface area contributed by atoms with Crippen LogP contribution < -0.4 is 15.4 Å². The van der Waals surface area contributed by atoms with E-state index < -0.39 is 6.04 Å². The molecule has 1 fully saturated rings. The van der Waals surface area contributed by atoms with Crippen LogP contribution in [0.25, 0.3) is 0 Å². The van der Waals surface area contributed by atoms with Crippen LogP contribution in [-0.2, 0) is 9.59 Å². The Kier molecular flexibility index (Phi) is 7.43. The normalized spacial score (nSPS) is 15.5. The maximum Gasteiger partial charge on any atom is 0.251 e. The predicted octanol–water partition coefficient (Wildman–Crippen LogP) is 2.83. The Labute approximate surface area is 176 Å². The average molecular weight is 409 g/mol. The number of ether oxygens (including phenoxy) is 1. The third-order valence-corrected chi connectivity index (χ3v) is 5.12. The fourth-order valence-electron chi connectivity index (χ4n) is 3.51. The van der Waals surface area contributed by atoms with E-state index in [2.05, 4.69) is 10.6 Å². The standard InChI is InChI=1S/C23H27N3O4/c1-30-19-13-11-18(12-14-19)25-23(29)20-9-6-16-26(20)21(27)10-5-15-24-22(28)17-7-3-2-4-8-17/h2-4,7-8,11-14,20H,5-6,9-10,15-16H2,1H3,(H,24,28)(H,25,29). The van der Waals surface area contributed by atoms with Crippen LogP contribution in [0.2, 0.25) is 0 Å². The summed E-state index contributed by atoms with van der Waals surface area (Å²) in [5.41, 5.74) is 1.27. The van der Waals surface area contributed by atoms with E-state index in [0.29, 0.717) is 49.4 Å². The molecule has 0 aromatic heterocycles. The van der Waals surface area contributed by atoms with Gasteiger partial charge in [-0.3, -0.25) is 14.4 Å². The van der Waals surface area contributed by atoms with Crippen molar-refractivity contribution >= 4 is 23.4 Å². The molecule has 2 aromatic carbocycles. The second kappa shape index (κ2) is 10.4. The van der Waals surface area contributed by atoms with Gasteiger partial charge in [0, 0.05) is 30.8 Å². The van der Waals surface area contributed by atoms with Gasteiger partial charge in [0.1, 0.15) is 11.8 Å². The lowest BCUT2D eigenvalue weighted by molar-refractivity contribution is -0.136. The molecule has 7 nitrogen and oxygen atoms in total. The topological polar surface area (TPSA) is 87.7 Å². The largest absolute Gasteiger partial charge is 0.497 e. The van der Waals surface area contributed by atoms with Crippen LogP contribution in [0.15, 0.2) is 54.6 Å². The van der Waals surface area contributed by atoms with Crippen molar-refractivity contribution in [3.05, 3.63) is 60.2 Å². The molecule has 7 heteroatoms. The second-order valence-corrected chi connectivity index (χ2v) is 7.19. The number of nitrogens with zero attached hydrogens (tertiary/aromatic N) is 1. The predicted molar refractivity (Wildman–Crippen MR) is 114 cm³/mol. The highest BCUT2D eigenvalue weighted by molar-refractivity contribution is 5.97. The van der Waals surface area contributed by atoms with Gasteiger partial charge in [-0.15, -0.1) is 0 Å². The zero-order chi connectivity index (χ0) is 21.3. The summed E-state index contributed by atoms with van der Waals surface area (Å²) in [6.07, 6.45) is 2.28. The van der Waals surface area contributed by atoms with E-state index in [1.165, 1.54) is 0 Å². The summed E-state index contributed by atoms with van der Waals surface area (Å²) in [4.78, 5) is 39.0. The number of benzene rings is 2. The molecular weight excluding hydrogens is 382 g/mol. The number of likely N-dealkylation sites (tertiary alicyclic amines) is 1. The van der Waals surface area contributed by atoms with Crippen molar-refractivity contribution in [3.63, 3.8) is 0 Å². The van der Waals surface area contributed by atoms with Crippen molar-refractivity contribution < 1.29 is 19.1 Å². The molecule has 1 aliphatic heterocycles. The molecule has 3 amide bonds. The van der Waals surface area contributed by atoms with Crippen LogP contribution in [0, 0.1) is 0 Å². The van der Waals surface area contributed by atoms with Gasteiger partial charge in [-0.05, 0) is 55.7 Å². The molecule has 1 aliphatic rings. The van der Waals surface area contributed by atoms with Gasteiger partial charge in [0.2, 0.25) is 11.8 Å². The van der Waals surface area contributed by atoms with E-state index in [1.807, 2.05) is 18.2 Å². The van der Waals surface area contributed by atoms with E-state index in [0.717, 1.165) is 6.42 Å². The number of amides is 3. The van der Waals surface area contributed by atoms with Crippen molar-refractivity contribution in [2.75, 3.05) is 25.5 Å². The maximum absolute atomic E-state index is 12.7. The van der Waals surface area contributed by atoms with Crippen molar-refractivity contribution in [2.45, 2.75) is 31.7 Å². The lowest BCUT2D eigenvalue weighted by Crippen LogP contribution is -2.43. The number of nitrogens with one attached hydrogen (secondary N) is 2. The first-order valence-electron chi connectivity index (χ1n) is 10.2. The first kappa shape index (κ1) is 21.4. The molecule has 0 radical (unpaired) electrons. The first-order valence-corrected chi connectivity index (χ1v) is 10.2. The SMILES string of the molecule is COc1ccc(NC(=O)C2CCCN2C(=O)CCCNC(=O)c2ccccc2)cc1. The van der Waals surface area contributed by atoms with Crippen molar-refractivity contribution in [2.24, 2.45) is 0 Å². The Hall–Kier alpha value is -3.35. The van der Waals surface area contributed by atoms with E-state index in [4.69, 9.17) is 4.74 Å². The maximum atomic E-state index is 12.7. The molecule has 30 heavy (non-hydrogen) atoms. The molecule has 1 saturated heterocycles. The number of anilines is 1. The summed E-state index contributed by atoms with van der Waals surface area (Å²) in [7, 11) is 1.59. The Balaban J connectivity index is 1.45. The van der Waals surface area contributed by atoms with Crippen LogP contribution in [0.4, 0.5) is 5.69 Å². The van der Waals surface area contributed by atoms with Gasteiger partial charge in [-0.25, -0.2) is 0 Å². The van der Waals surface area contributed by atoms with E-state index in [-0.39, 0.29) is 17.7 Å². The smallest absolute Gasteiger partial charge is 0.251 e. The highest BCUT2D eigenvalue weighted by Gasteiger charge is 2.33. The van der Waals surface area contributed by atoms with Crippen molar-refractivity contribution in [1.29, 1.82) is 0 Å². The number of methoxy groups -OCH3 is 1. The quantitative estimate of drug-likeness (QED) is 0.657. The van der Waals surface area contributed by atoms with Gasteiger partial charge in [-0.1, -0.05) is 18.2 Å². The molecule has 1 atom stereocenters. The van der Waals surface area contributed by atoms with Gasteiger partial charge < -0.3 is 20.3 Å². The van der Waals surface area contributed by atoms with E-state index in [1.54, 1.807) is 48.4 Å². The van der Waals surface area contributed by atoms with Gasteiger partial charge in [0.25, 0.3) is 5.91 Å². The number of hydrogen-bond donors (Lipinski definition) is 2. The molecule has 1 heterocycles. The van der Waals surface area contributed by atoms with Crippen LogP contribution >= 0.6 is 0 Å². The molecule has 0 saturated carbocycles. The Bertz CT molecular complexity index is 868. The fraction of sp³-hybridized carbons (Fsp3) is 0.348. The number of carbonyl (C=O) groups is 3. The van der Waals surface area contributed by atoms with Crippen molar-refractivity contribution in [3.8, 4) is 5.75 Å². The third-order valence-electron chi connectivity index (χ3n) is 5.12. The highest BCUT2D eigenvalue weighted by atomic mass is 16.5. The summed E-state index contributed by atoms with van der Waals surface area (Å²) in [6.45, 7) is 0.992. The Morgan fingerprint density at radius 2 is 1.80 bits per heavy atom. The molecule has 0 bridgehead atoms. The molecule has 0 aliphatic carbocycles. The van der Waals surface area contributed by atoms with E-state index in [9.17, 15) is 14.4 Å². The molecule has 2 N–H and O–H groups in total. The monoisotopic (exact) mass is 409 g/mol. The Morgan fingerprint density at radius 1 is 1.07 bits per heavy atom. The second-order valence-electron chi connectivity index (χ2n) is 7.19. The fourth-order valence-corrected chi connectivity index (χ4v) is 3.51. The average Bonchev–Trinajstić information content (AvgIpc) is 3.28. The third kappa shape index (κ3) is 5.59. The zero-order valence-corrected chi connectivity index (χ0v) is 17.1. The van der Waals surface area contributed by atoms with Gasteiger partial charge in [0.15, 0.2) is 0 Å². The summed E-state index contributed by atoms with van der Waals surface area (Å²) in [6, 6.07) is 15.6. The molecule has 3 rings (SSSR count). The molecule has 2 aromatic rings. The van der Waals surface area contributed by atoms with Crippen LogP contribution in [-0.4, -0.2) is 48.9 Å². The first-order chi connectivity index (χ1) is 14.6. The van der Waals surface area contributed by atoms with Crippen molar-refractivity contribution in [1.82, 2.24) is 10.2 Å². The number of hydrogen-bond acceptors (Lipinski definition) is 4. The van der Waals surface area contributed by atoms with Gasteiger partial charge in [0.05, 0.1) is 7.11 Å². The molecule has 1 unspecified atom stereocenters. The van der Waals surface area contributed by atoms with Crippen LogP contribution in [0.1, 0.15) is 36.0 Å². The molecular formula is C23H27N3O4. The van der Waals surface area contributed by atoms with E-state index >= 15 is 0 Å². The van der Waals surface area contributed by atoms with Crippen LogP contribution in [0.3, 0.4) is 0 Å². The Morgan fingerprint density at radius 3 is 2.50 bits per heavy atom. The summed E-state index contributed by atoms with van der Waals surface area (Å²) in [5, 5.41) is 5.70. The molecule has 158 valence electrons. The minimum atomic E-state index is -0.460. The summed E-state index contributed by atoms with van der Waals surface area (Å²) >= 11 is 0. The number of carbonyl (C=O) groups excluding carboxylic acids is 3. The number of rotatable bonds is 8. The minimum Gasteiger partial charge on any atom is -0.497 e. The zero-order valence-electron chi connectivity index (χ0n) is 17.1. The summed E-state index contributed by atoms with van der Waals surface area (Å²) in [5.74, 6) is 0.325. The van der Waals surface area contributed by atoms with Gasteiger partial charge in [-0.2, -0.15) is 0 Å². The lowest BCUT2D eigenvalue weighted by atomic mass is 10.1. The minimum absolute atomic E-state index is 0.0589. The van der Waals surface area contributed by atoms with Gasteiger partial charge >= 0.3 is 0 Å². The summed E-state index contributed by atoms with van der Waals surface area (Å²) < 4.78 is 5.12.